The quantitative estimate of drug-likeness (QED) is 0.563. The summed E-state index contributed by atoms with van der Waals surface area (Å²) in [5.74, 6) is -0.00145. The zero-order valence-corrected chi connectivity index (χ0v) is 19.2. The molecule has 4 nitrogen and oxygen atoms in total. The van der Waals surface area contributed by atoms with Crippen molar-refractivity contribution < 1.29 is 9.90 Å². The van der Waals surface area contributed by atoms with Crippen LogP contribution in [0.2, 0.25) is 0 Å². The van der Waals surface area contributed by atoms with Crippen LogP contribution in [0.4, 0.5) is 0 Å². The number of carboxylic acids is 1. The van der Waals surface area contributed by atoms with Gasteiger partial charge < -0.3 is 15.3 Å². The maximum atomic E-state index is 10.8. The van der Waals surface area contributed by atoms with Gasteiger partial charge in [-0.2, -0.15) is 0 Å². The van der Waals surface area contributed by atoms with Crippen molar-refractivity contribution in [2.45, 2.75) is 70.0 Å². The third-order valence-corrected chi connectivity index (χ3v) is 6.27. The molecule has 0 amide bonds. The topological polar surface area (TPSA) is 52.6 Å². The van der Waals surface area contributed by atoms with Crippen LogP contribution in [0, 0.1) is 5.92 Å². The minimum Gasteiger partial charge on any atom is -0.481 e. The first-order valence-electron chi connectivity index (χ1n) is 10.5. The molecular weight excluding hydrogens is 407 g/mol. The van der Waals surface area contributed by atoms with Crippen LogP contribution >= 0.6 is 24.8 Å². The second-order valence-electron chi connectivity index (χ2n) is 8.23. The van der Waals surface area contributed by atoms with E-state index < -0.39 is 5.97 Å². The van der Waals surface area contributed by atoms with Gasteiger partial charge in [0.15, 0.2) is 0 Å². The summed E-state index contributed by atoms with van der Waals surface area (Å²) >= 11 is 0. The Kier molecular flexibility index (Phi) is 11.3. The van der Waals surface area contributed by atoms with Gasteiger partial charge in [-0.1, -0.05) is 48.9 Å². The normalized spacial score (nSPS) is 26.4. The Morgan fingerprint density at radius 2 is 1.83 bits per heavy atom. The van der Waals surface area contributed by atoms with Crippen molar-refractivity contribution in [2.24, 2.45) is 5.92 Å². The van der Waals surface area contributed by atoms with Crippen molar-refractivity contribution in [3.8, 4) is 0 Å². The number of carboxylic acid groups (broad SMARTS) is 1. The van der Waals surface area contributed by atoms with Gasteiger partial charge in [0.25, 0.3) is 0 Å². The molecule has 1 aromatic rings. The SMILES string of the molecule is CCC(=Cc1ccccc1)[C@@H]1C[C@H]1N[C@H]1CC[C@@H](N(C)CCC(=O)O)CC1.Cl.Cl. The van der Waals surface area contributed by atoms with Crippen LogP contribution in [0.25, 0.3) is 6.08 Å². The van der Waals surface area contributed by atoms with E-state index in [-0.39, 0.29) is 31.2 Å². The minimum absolute atomic E-state index is 0. The van der Waals surface area contributed by atoms with Gasteiger partial charge in [-0.05, 0) is 57.1 Å². The molecule has 2 N–H and O–H groups in total. The fourth-order valence-corrected chi connectivity index (χ4v) is 4.46. The lowest BCUT2D eigenvalue weighted by Crippen LogP contribution is -2.42. The van der Waals surface area contributed by atoms with Crippen molar-refractivity contribution in [3.63, 3.8) is 0 Å². The molecule has 0 spiro atoms. The number of halogens is 2. The van der Waals surface area contributed by atoms with Gasteiger partial charge in [0, 0.05) is 24.7 Å². The van der Waals surface area contributed by atoms with Crippen LogP contribution in [0.15, 0.2) is 35.9 Å². The summed E-state index contributed by atoms with van der Waals surface area (Å²) in [5, 5.41) is 12.8. The summed E-state index contributed by atoms with van der Waals surface area (Å²) in [6.45, 7) is 2.93. The predicted molar refractivity (Wildman–Crippen MR) is 125 cm³/mol. The van der Waals surface area contributed by atoms with Crippen LogP contribution in [0.3, 0.4) is 0 Å². The Morgan fingerprint density at radius 1 is 1.17 bits per heavy atom. The fraction of sp³-hybridized carbons (Fsp3) is 0.609. The van der Waals surface area contributed by atoms with Crippen LogP contribution in [-0.4, -0.2) is 47.7 Å². The molecule has 6 heteroatoms. The molecule has 1 aromatic carbocycles. The number of carbonyl (C=O) groups is 1. The molecule has 29 heavy (non-hydrogen) atoms. The third-order valence-electron chi connectivity index (χ3n) is 6.27. The van der Waals surface area contributed by atoms with Gasteiger partial charge in [0.2, 0.25) is 0 Å². The molecule has 2 atom stereocenters. The van der Waals surface area contributed by atoms with Crippen LogP contribution in [0.1, 0.15) is 57.4 Å². The Bertz CT molecular complexity index is 646. The minimum atomic E-state index is -0.702. The summed E-state index contributed by atoms with van der Waals surface area (Å²) in [6.07, 6.45) is 9.76. The smallest absolute Gasteiger partial charge is 0.304 e. The second kappa shape index (κ2) is 12.6. The van der Waals surface area contributed by atoms with Gasteiger partial charge in [-0.25, -0.2) is 0 Å². The summed E-state index contributed by atoms with van der Waals surface area (Å²) in [7, 11) is 2.07. The van der Waals surface area contributed by atoms with E-state index in [4.69, 9.17) is 5.11 Å². The summed E-state index contributed by atoms with van der Waals surface area (Å²) in [4.78, 5) is 13.0. The number of rotatable bonds is 9. The zero-order valence-electron chi connectivity index (χ0n) is 17.5. The maximum absolute atomic E-state index is 10.8. The van der Waals surface area contributed by atoms with Crippen molar-refractivity contribution in [3.05, 3.63) is 41.5 Å². The standard InChI is InChI=1S/C23H34N2O2.2ClH/c1-3-18(15-17-7-5-4-6-8-17)21-16-22(21)24-19-9-11-20(12-10-19)25(2)14-13-23(26)27;;/h4-8,15,19-22,24H,3,9-14,16H2,1-2H3,(H,26,27);2*1H/t19-,20+,21-,22+;;/m0../s1. The van der Waals surface area contributed by atoms with Crippen LogP contribution in [-0.2, 0) is 4.79 Å². The molecule has 2 saturated carbocycles. The summed E-state index contributed by atoms with van der Waals surface area (Å²) in [6, 6.07) is 12.5. The average molecular weight is 443 g/mol. The van der Waals surface area contributed by atoms with Crippen molar-refractivity contribution in [1.29, 1.82) is 0 Å². The Labute approximate surface area is 188 Å². The van der Waals surface area contributed by atoms with Crippen molar-refractivity contribution in [2.75, 3.05) is 13.6 Å². The molecule has 2 fully saturated rings. The number of benzene rings is 1. The molecule has 3 rings (SSSR count). The maximum Gasteiger partial charge on any atom is 0.304 e. The zero-order chi connectivity index (χ0) is 19.2. The number of nitrogens with one attached hydrogen (secondary N) is 1. The van der Waals surface area contributed by atoms with E-state index in [1.54, 1.807) is 5.57 Å². The number of aliphatic carboxylic acids is 1. The molecule has 0 saturated heterocycles. The van der Waals surface area contributed by atoms with Gasteiger partial charge in [0.05, 0.1) is 6.42 Å². The summed E-state index contributed by atoms with van der Waals surface area (Å²) in [5.41, 5.74) is 2.88. The lowest BCUT2D eigenvalue weighted by atomic mass is 9.90. The van der Waals surface area contributed by atoms with E-state index in [1.807, 2.05) is 0 Å². The van der Waals surface area contributed by atoms with E-state index >= 15 is 0 Å². The lowest BCUT2D eigenvalue weighted by Gasteiger charge is -2.35. The van der Waals surface area contributed by atoms with Crippen molar-refractivity contribution >= 4 is 36.9 Å². The highest BCUT2D eigenvalue weighted by Gasteiger charge is 2.40. The third kappa shape index (κ3) is 7.93. The predicted octanol–water partition coefficient (Wildman–Crippen LogP) is 5.02. The second-order valence-corrected chi connectivity index (χ2v) is 8.23. The molecule has 0 aromatic heterocycles. The number of hydrogen-bond donors (Lipinski definition) is 2. The highest BCUT2D eigenvalue weighted by molar-refractivity contribution is 5.85. The van der Waals surface area contributed by atoms with Gasteiger partial charge >= 0.3 is 5.97 Å². The largest absolute Gasteiger partial charge is 0.481 e. The highest BCUT2D eigenvalue weighted by Crippen LogP contribution is 2.40. The molecule has 0 radical (unpaired) electrons. The van der Waals surface area contributed by atoms with E-state index in [0.29, 0.717) is 30.6 Å². The monoisotopic (exact) mass is 442 g/mol. The molecule has 164 valence electrons. The molecule has 2 aliphatic rings. The average Bonchev–Trinajstić information content (AvgIpc) is 3.44. The lowest BCUT2D eigenvalue weighted by molar-refractivity contribution is -0.137. The van der Waals surface area contributed by atoms with Gasteiger partial charge in [-0.3, -0.25) is 4.79 Å². The summed E-state index contributed by atoms with van der Waals surface area (Å²) < 4.78 is 0. The van der Waals surface area contributed by atoms with Crippen LogP contribution < -0.4 is 5.32 Å². The molecule has 2 aliphatic carbocycles. The molecule has 0 heterocycles. The van der Waals surface area contributed by atoms with E-state index in [0.717, 1.165) is 6.42 Å². The first-order valence-corrected chi connectivity index (χ1v) is 10.5. The molecule has 0 bridgehead atoms. The van der Waals surface area contributed by atoms with Gasteiger partial charge in [-0.15, -0.1) is 24.8 Å². The molecular formula is C23H36Cl2N2O2. The Hall–Kier alpha value is -1.07. The molecule has 0 unspecified atom stereocenters. The number of nitrogens with zero attached hydrogens (tertiary/aromatic N) is 1. The fourth-order valence-electron chi connectivity index (χ4n) is 4.46. The van der Waals surface area contributed by atoms with Gasteiger partial charge in [0.1, 0.15) is 0 Å². The highest BCUT2D eigenvalue weighted by atomic mass is 35.5. The van der Waals surface area contributed by atoms with Crippen molar-refractivity contribution in [1.82, 2.24) is 10.2 Å². The van der Waals surface area contributed by atoms with E-state index in [1.165, 1.54) is 37.7 Å². The first kappa shape index (κ1) is 26.0. The first-order chi connectivity index (χ1) is 13.1. The Morgan fingerprint density at radius 3 is 2.41 bits per heavy atom. The Balaban J connectivity index is 0.00000210. The van der Waals surface area contributed by atoms with E-state index in [2.05, 4.69) is 60.6 Å². The number of hydrogen-bond acceptors (Lipinski definition) is 3. The van der Waals surface area contributed by atoms with Crippen LogP contribution in [0.5, 0.6) is 0 Å². The van der Waals surface area contributed by atoms with E-state index in [9.17, 15) is 4.79 Å². The molecule has 0 aliphatic heterocycles.